The molecule has 0 bridgehead atoms. The number of rotatable bonds is 4. The molecule has 2 heteroatoms. The van der Waals surface area contributed by atoms with Crippen LogP contribution in [0.1, 0.15) is 54.4 Å². The van der Waals surface area contributed by atoms with Gasteiger partial charge in [0.2, 0.25) is 0 Å². The minimum Gasteiger partial charge on any atom is -0.423 e. The van der Waals surface area contributed by atoms with E-state index in [1.807, 2.05) is 6.07 Å². The molecule has 0 atom stereocenters. The largest absolute Gasteiger partial charge is 0.423 e. The highest BCUT2D eigenvalue weighted by atomic mass is 16.5. The molecule has 1 saturated carbocycles. The molecular formula is C18H20O2. The van der Waals surface area contributed by atoms with Crippen LogP contribution in [0.5, 0.6) is 0 Å². The lowest BCUT2D eigenvalue weighted by Crippen LogP contribution is -2.10. The van der Waals surface area contributed by atoms with Gasteiger partial charge in [0.05, 0.1) is 0 Å². The predicted octanol–water partition coefficient (Wildman–Crippen LogP) is 4.44. The molecule has 104 valence electrons. The Balaban J connectivity index is 2.01. The van der Waals surface area contributed by atoms with Crippen molar-refractivity contribution in [2.45, 2.75) is 38.5 Å². The van der Waals surface area contributed by atoms with E-state index in [1.54, 1.807) is 6.07 Å². The minimum absolute atomic E-state index is 0.244. The average Bonchev–Trinajstić information content (AvgIpc) is 2.48. The lowest BCUT2D eigenvalue weighted by atomic mass is 9.80. The SMILES string of the molecule is C=CC(=C)OC(=O)c1c#cc(C2CCC(C)CC2)cc1. The van der Waals surface area contributed by atoms with E-state index in [4.69, 9.17) is 4.74 Å². The first kappa shape index (κ1) is 14.4. The molecule has 20 heavy (non-hydrogen) atoms. The second-order valence-corrected chi connectivity index (χ2v) is 5.47. The molecule has 1 aliphatic rings. The number of carbonyl (C=O) groups is 1. The third kappa shape index (κ3) is 3.51. The Morgan fingerprint density at radius 3 is 2.55 bits per heavy atom. The van der Waals surface area contributed by atoms with Gasteiger partial charge in [0.25, 0.3) is 0 Å². The zero-order valence-corrected chi connectivity index (χ0v) is 11.9. The number of hydrogen-bond acceptors (Lipinski definition) is 2. The molecule has 0 saturated heterocycles. The van der Waals surface area contributed by atoms with Gasteiger partial charge < -0.3 is 4.74 Å². The summed E-state index contributed by atoms with van der Waals surface area (Å²) in [4.78, 5) is 11.8. The molecule has 1 aromatic rings. The van der Waals surface area contributed by atoms with E-state index in [0.717, 1.165) is 11.5 Å². The fourth-order valence-electron chi connectivity index (χ4n) is 2.54. The van der Waals surface area contributed by atoms with Gasteiger partial charge in [-0.2, -0.15) is 0 Å². The van der Waals surface area contributed by atoms with E-state index in [0.29, 0.717) is 11.5 Å². The van der Waals surface area contributed by atoms with E-state index < -0.39 is 5.97 Å². The summed E-state index contributed by atoms with van der Waals surface area (Å²) in [7, 11) is 0. The van der Waals surface area contributed by atoms with Crippen molar-refractivity contribution < 1.29 is 9.53 Å². The quantitative estimate of drug-likeness (QED) is 0.458. The Morgan fingerprint density at radius 1 is 1.30 bits per heavy atom. The van der Waals surface area contributed by atoms with Crippen molar-refractivity contribution in [2.75, 3.05) is 0 Å². The number of allylic oxidation sites excluding steroid dienone is 1. The van der Waals surface area contributed by atoms with Crippen molar-refractivity contribution in [1.29, 1.82) is 0 Å². The maximum atomic E-state index is 11.8. The Morgan fingerprint density at radius 2 is 2.00 bits per heavy atom. The van der Waals surface area contributed by atoms with Crippen molar-refractivity contribution in [2.24, 2.45) is 5.92 Å². The van der Waals surface area contributed by atoms with Crippen LogP contribution in [0.15, 0.2) is 37.1 Å². The summed E-state index contributed by atoms with van der Waals surface area (Å²) in [5.74, 6) is 1.16. The standard InChI is InChI=1S/C18H20O2/c1-4-14(3)20-18(19)17-11-9-16(10-12-17)15-7-5-13(2)6-8-15/h4,9,11,13,15H,1,3,5-8H2,2H3. The summed E-state index contributed by atoms with van der Waals surface area (Å²) in [5, 5.41) is 0. The zero-order chi connectivity index (χ0) is 14.5. The molecule has 1 fully saturated rings. The molecule has 0 radical (unpaired) electrons. The molecule has 0 unspecified atom stereocenters. The van der Waals surface area contributed by atoms with Crippen LogP contribution in [-0.4, -0.2) is 5.97 Å². The second-order valence-electron chi connectivity index (χ2n) is 5.47. The van der Waals surface area contributed by atoms with Crippen LogP contribution in [0.3, 0.4) is 0 Å². The molecule has 0 aromatic heterocycles. The van der Waals surface area contributed by atoms with Crippen molar-refractivity contribution >= 4 is 5.97 Å². The van der Waals surface area contributed by atoms with Crippen molar-refractivity contribution in [3.05, 3.63) is 60.4 Å². The third-order valence-electron chi connectivity index (χ3n) is 3.90. The van der Waals surface area contributed by atoms with Crippen LogP contribution >= 0.6 is 0 Å². The maximum Gasteiger partial charge on any atom is 0.352 e. The van der Waals surface area contributed by atoms with Gasteiger partial charge >= 0.3 is 5.97 Å². The van der Waals surface area contributed by atoms with Crippen LogP contribution in [0.25, 0.3) is 0 Å². The normalized spacial score (nSPS) is 21.6. The summed E-state index contributed by atoms with van der Waals surface area (Å²) in [6, 6.07) is 9.73. The van der Waals surface area contributed by atoms with Crippen molar-refractivity contribution in [3.8, 4) is 0 Å². The molecule has 0 aliphatic heterocycles. The van der Waals surface area contributed by atoms with Crippen LogP contribution in [0, 0.1) is 18.1 Å². The Labute approximate surface area is 121 Å². The molecule has 1 aromatic carbocycles. The van der Waals surface area contributed by atoms with Gasteiger partial charge in [0.15, 0.2) is 0 Å². The summed E-state index contributed by atoms with van der Waals surface area (Å²) in [6.45, 7) is 9.35. The van der Waals surface area contributed by atoms with Gasteiger partial charge in [-0.1, -0.05) is 45.1 Å². The summed E-state index contributed by atoms with van der Waals surface area (Å²) in [6.07, 6.45) is 6.33. The molecule has 0 heterocycles. The van der Waals surface area contributed by atoms with Crippen LogP contribution in [-0.2, 0) is 4.74 Å². The van der Waals surface area contributed by atoms with E-state index in [2.05, 4.69) is 32.2 Å². The number of ether oxygens (including phenoxy) is 1. The average molecular weight is 268 g/mol. The Kier molecular flexibility index (Phi) is 4.63. The van der Waals surface area contributed by atoms with Gasteiger partial charge in [-0.05, 0) is 42.9 Å². The van der Waals surface area contributed by atoms with Crippen LogP contribution in [0.2, 0.25) is 0 Å². The highest BCUT2D eigenvalue weighted by Gasteiger charge is 2.20. The molecule has 0 spiro atoms. The first-order valence-electron chi connectivity index (χ1n) is 7.07. The predicted molar refractivity (Wildman–Crippen MR) is 79.2 cm³/mol. The number of carbonyl (C=O) groups excluding carboxylic acids is 1. The number of hydrogen-bond donors (Lipinski definition) is 0. The summed E-state index contributed by atoms with van der Waals surface area (Å²) >= 11 is 0. The topological polar surface area (TPSA) is 26.3 Å². The molecule has 2 nitrogen and oxygen atoms in total. The van der Waals surface area contributed by atoms with Gasteiger partial charge in [-0.25, -0.2) is 4.79 Å². The van der Waals surface area contributed by atoms with E-state index >= 15 is 0 Å². The summed E-state index contributed by atoms with van der Waals surface area (Å²) in [5.41, 5.74) is 1.52. The maximum absolute atomic E-state index is 11.8. The minimum atomic E-state index is -0.463. The Bertz CT molecular complexity index is 491. The van der Waals surface area contributed by atoms with Crippen LogP contribution in [0.4, 0.5) is 0 Å². The van der Waals surface area contributed by atoms with Gasteiger partial charge in [-0.15, -0.1) is 0 Å². The fraction of sp³-hybridized carbons (Fsp3) is 0.389. The first-order chi connectivity index (χ1) is 9.60. The monoisotopic (exact) mass is 268 g/mol. The van der Waals surface area contributed by atoms with E-state index in [-0.39, 0.29) is 5.76 Å². The smallest absolute Gasteiger partial charge is 0.352 e. The molecule has 2 rings (SSSR count). The van der Waals surface area contributed by atoms with Gasteiger partial charge in [-0.3, -0.25) is 0 Å². The second kappa shape index (κ2) is 6.43. The molecule has 1 aliphatic carbocycles. The molecular weight excluding hydrogens is 248 g/mol. The van der Waals surface area contributed by atoms with Crippen LogP contribution < -0.4 is 0 Å². The van der Waals surface area contributed by atoms with Crippen molar-refractivity contribution in [1.82, 2.24) is 0 Å². The third-order valence-corrected chi connectivity index (χ3v) is 3.90. The first-order valence-corrected chi connectivity index (χ1v) is 7.07. The van der Waals surface area contributed by atoms with E-state index in [9.17, 15) is 4.79 Å². The Hall–Kier alpha value is -2.01. The van der Waals surface area contributed by atoms with E-state index in [1.165, 1.54) is 31.8 Å². The molecule has 0 amide bonds. The van der Waals surface area contributed by atoms with Gasteiger partial charge in [0.1, 0.15) is 11.3 Å². The lowest BCUT2D eigenvalue weighted by molar-refractivity contribution is 0.0638. The lowest BCUT2D eigenvalue weighted by Gasteiger charge is -2.25. The highest BCUT2D eigenvalue weighted by Crippen LogP contribution is 2.34. The molecule has 0 N–H and O–H groups in total. The number of esters is 1. The highest BCUT2D eigenvalue weighted by molar-refractivity contribution is 5.89. The fourth-order valence-corrected chi connectivity index (χ4v) is 2.54. The van der Waals surface area contributed by atoms with Gasteiger partial charge in [0, 0.05) is 5.56 Å². The van der Waals surface area contributed by atoms with Crippen molar-refractivity contribution in [3.63, 3.8) is 0 Å². The summed E-state index contributed by atoms with van der Waals surface area (Å²) < 4.78 is 4.98. The zero-order valence-electron chi connectivity index (χ0n) is 11.9.